The van der Waals surface area contributed by atoms with Gasteiger partial charge in [0.1, 0.15) is 0 Å². The van der Waals surface area contributed by atoms with Crippen LogP contribution in [-0.2, 0) is 0 Å². The van der Waals surface area contributed by atoms with Crippen LogP contribution < -0.4 is 5.32 Å². The lowest BCUT2D eigenvalue weighted by Crippen LogP contribution is -2.35. The van der Waals surface area contributed by atoms with Crippen LogP contribution in [0.4, 0.5) is 0 Å². The molecule has 0 saturated heterocycles. The molecule has 0 amide bonds. The van der Waals surface area contributed by atoms with Gasteiger partial charge in [-0.15, -0.1) is 0 Å². The Morgan fingerprint density at radius 3 is 2.83 bits per heavy atom. The van der Waals surface area contributed by atoms with Gasteiger partial charge in [-0.1, -0.05) is 32.5 Å². The molecule has 1 heterocycles. The van der Waals surface area contributed by atoms with Crippen molar-refractivity contribution in [2.75, 3.05) is 26.2 Å². The van der Waals surface area contributed by atoms with E-state index in [-0.39, 0.29) is 0 Å². The third-order valence-electron chi connectivity index (χ3n) is 3.60. The number of rotatable bonds is 7. The summed E-state index contributed by atoms with van der Waals surface area (Å²) in [6.45, 7) is 11.2. The van der Waals surface area contributed by atoms with Crippen molar-refractivity contribution in [3.8, 4) is 0 Å². The first-order valence-electron chi connectivity index (χ1n) is 7.38. The summed E-state index contributed by atoms with van der Waals surface area (Å²) in [5.41, 5.74) is 0. The molecule has 4 heteroatoms. The highest BCUT2D eigenvalue weighted by Gasteiger charge is 2.27. The van der Waals surface area contributed by atoms with Crippen LogP contribution in [0.1, 0.15) is 40.0 Å². The summed E-state index contributed by atoms with van der Waals surface area (Å²) in [4.78, 5) is 7.19. The Hall–Kier alpha value is -0.220. The number of hydrogen-bond acceptors (Lipinski definition) is 4. The Balaban J connectivity index is 1.59. The molecule has 1 fully saturated rings. The standard InChI is InChI=1S/C14H27N3S/c1-4-17(12-5-6-12)8-7-15-14-16-10-13(18-14)9-11(2)3/h11-13H,4-10H2,1-3H3,(H,15,16). The first-order valence-corrected chi connectivity index (χ1v) is 8.26. The third-order valence-corrected chi connectivity index (χ3v) is 4.77. The Kier molecular flexibility index (Phi) is 5.37. The molecule has 2 rings (SSSR count). The molecule has 18 heavy (non-hydrogen) atoms. The van der Waals surface area contributed by atoms with E-state index in [0.29, 0.717) is 5.25 Å². The van der Waals surface area contributed by atoms with E-state index < -0.39 is 0 Å². The highest BCUT2D eigenvalue weighted by Crippen LogP contribution is 2.27. The third kappa shape index (κ3) is 4.47. The Labute approximate surface area is 116 Å². The van der Waals surface area contributed by atoms with Crippen molar-refractivity contribution in [1.82, 2.24) is 10.2 Å². The molecular weight excluding hydrogens is 242 g/mol. The van der Waals surface area contributed by atoms with E-state index in [0.717, 1.165) is 31.6 Å². The highest BCUT2D eigenvalue weighted by atomic mass is 32.2. The van der Waals surface area contributed by atoms with E-state index in [1.807, 2.05) is 11.8 Å². The van der Waals surface area contributed by atoms with Gasteiger partial charge in [0.05, 0.1) is 6.54 Å². The van der Waals surface area contributed by atoms with E-state index in [1.54, 1.807) is 0 Å². The molecule has 1 unspecified atom stereocenters. The van der Waals surface area contributed by atoms with Crippen LogP contribution in [0.5, 0.6) is 0 Å². The zero-order valence-corrected chi connectivity index (χ0v) is 12.8. The summed E-state index contributed by atoms with van der Waals surface area (Å²) in [5.74, 6) is 0.780. The van der Waals surface area contributed by atoms with Gasteiger partial charge in [0, 0.05) is 24.4 Å². The SMILES string of the molecule is CCN(CCNC1=NCC(CC(C)C)S1)C1CC1. The fourth-order valence-corrected chi connectivity index (χ4v) is 3.79. The Morgan fingerprint density at radius 2 is 2.22 bits per heavy atom. The summed E-state index contributed by atoms with van der Waals surface area (Å²) in [7, 11) is 0. The predicted octanol–water partition coefficient (Wildman–Crippen LogP) is 2.58. The van der Waals surface area contributed by atoms with Crippen molar-refractivity contribution < 1.29 is 0 Å². The van der Waals surface area contributed by atoms with Gasteiger partial charge in [-0.05, 0) is 31.7 Å². The molecule has 0 aromatic rings. The fourth-order valence-electron chi connectivity index (χ4n) is 2.51. The molecule has 1 aliphatic heterocycles. The minimum atomic E-state index is 0.707. The van der Waals surface area contributed by atoms with Gasteiger partial charge in [0.15, 0.2) is 5.17 Å². The van der Waals surface area contributed by atoms with Gasteiger partial charge in [0.2, 0.25) is 0 Å². The van der Waals surface area contributed by atoms with Crippen LogP contribution in [0, 0.1) is 5.92 Å². The van der Waals surface area contributed by atoms with Gasteiger partial charge in [-0.3, -0.25) is 9.89 Å². The van der Waals surface area contributed by atoms with E-state index in [1.165, 1.54) is 31.0 Å². The van der Waals surface area contributed by atoms with E-state index in [2.05, 4.69) is 36.0 Å². The Bertz CT molecular complexity index is 287. The van der Waals surface area contributed by atoms with Gasteiger partial charge in [-0.2, -0.15) is 0 Å². The fraction of sp³-hybridized carbons (Fsp3) is 0.929. The second kappa shape index (κ2) is 6.80. The van der Waals surface area contributed by atoms with Crippen LogP contribution in [0.3, 0.4) is 0 Å². The van der Waals surface area contributed by atoms with E-state index in [9.17, 15) is 0 Å². The van der Waals surface area contributed by atoms with E-state index in [4.69, 9.17) is 0 Å². The van der Waals surface area contributed by atoms with E-state index >= 15 is 0 Å². The lowest BCUT2D eigenvalue weighted by atomic mass is 10.1. The monoisotopic (exact) mass is 269 g/mol. The van der Waals surface area contributed by atoms with Gasteiger partial charge in [0.25, 0.3) is 0 Å². The quantitative estimate of drug-likeness (QED) is 0.770. The summed E-state index contributed by atoms with van der Waals surface area (Å²) < 4.78 is 0. The first-order chi connectivity index (χ1) is 8.69. The molecule has 0 aromatic heterocycles. The van der Waals surface area contributed by atoms with Gasteiger partial charge < -0.3 is 5.32 Å². The van der Waals surface area contributed by atoms with Crippen LogP contribution in [0.2, 0.25) is 0 Å². The Morgan fingerprint density at radius 1 is 1.44 bits per heavy atom. The molecule has 104 valence electrons. The lowest BCUT2D eigenvalue weighted by molar-refractivity contribution is 0.282. The molecule has 0 spiro atoms. The number of nitrogens with one attached hydrogen (secondary N) is 1. The molecular formula is C14H27N3S. The average molecular weight is 269 g/mol. The summed E-state index contributed by atoms with van der Waals surface area (Å²) in [6, 6.07) is 0.878. The summed E-state index contributed by atoms with van der Waals surface area (Å²) in [6.07, 6.45) is 4.09. The second-order valence-corrected chi connectivity index (χ2v) is 7.09. The molecule has 1 atom stereocenters. The van der Waals surface area contributed by atoms with Gasteiger partial charge in [-0.25, -0.2) is 0 Å². The highest BCUT2D eigenvalue weighted by molar-refractivity contribution is 8.14. The normalized spacial score (nSPS) is 23.8. The number of nitrogens with zero attached hydrogens (tertiary/aromatic N) is 2. The topological polar surface area (TPSA) is 27.6 Å². The summed E-state index contributed by atoms with van der Waals surface area (Å²) >= 11 is 1.94. The maximum atomic E-state index is 4.60. The minimum absolute atomic E-state index is 0.707. The first kappa shape index (κ1) is 14.2. The number of amidine groups is 1. The molecule has 0 aromatic carbocycles. The number of aliphatic imine (C=N–C) groups is 1. The molecule has 0 bridgehead atoms. The second-order valence-electron chi connectivity index (χ2n) is 5.80. The zero-order valence-electron chi connectivity index (χ0n) is 12.0. The molecule has 2 aliphatic rings. The number of thioether (sulfide) groups is 1. The van der Waals surface area contributed by atoms with Crippen LogP contribution in [0.25, 0.3) is 0 Å². The summed E-state index contributed by atoms with van der Waals surface area (Å²) in [5, 5.41) is 5.38. The predicted molar refractivity (Wildman–Crippen MR) is 81.4 cm³/mol. The van der Waals surface area contributed by atoms with Crippen molar-refractivity contribution in [2.45, 2.75) is 51.3 Å². The van der Waals surface area contributed by atoms with Crippen LogP contribution >= 0.6 is 11.8 Å². The molecule has 1 saturated carbocycles. The lowest BCUT2D eigenvalue weighted by Gasteiger charge is -2.20. The van der Waals surface area contributed by atoms with Crippen molar-refractivity contribution in [3.63, 3.8) is 0 Å². The smallest absolute Gasteiger partial charge is 0.156 e. The van der Waals surface area contributed by atoms with Crippen molar-refractivity contribution >= 4 is 16.9 Å². The van der Waals surface area contributed by atoms with Crippen molar-refractivity contribution in [1.29, 1.82) is 0 Å². The van der Waals surface area contributed by atoms with Crippen LogP contribution in [-0.4, -0.2) is 47.5 Å². The zero-order chi connectivity index (χ0) is 13.0. The molecule has 1 aliphatic carbocycles. The number of likely N-dealkylation sites (N-methyl/N-ethyl adjacent to an activating group) is 1. The molecule has 0 radical (unpaired) electrons. The maximum Gasteiger partial charge on any atom is 0.156 e. The number of hydrogen-bond donors (Lipinski definition) is 1. The largest absolute Gasteiger partial charge is 0.364 e. The van der Waals surface area contributed by atoms with Gasteiger partial charge >= 0.3 is 0 Å². The average Bonchev–Trinajstić information content (AvgIpc) is 3.07. The van der Waals surface area contributed by atoms with Crippen molar-refractivity contribution in [2.24, 2.45) is 10.9 Å². The van der Waals surface area contributed by atoms with Crippen molar-refractivity contribution in [3.05, 3.63) is 0 Å². The van der Waals surface area contributed by atoms with Crippen LogP contribution in [0.15, 0.2) is 4.99 Å². The maximum absolute atomic E-state index is 4.60. The molecule has 3 nitrogen and oxygen atoms in total. The minimum Gasteiger partial charge on any atom is -0.364 e. The molecule has 1 N–H and O–H groups in total.